The summed E-state index contributed by atoms with van der Waals surface area (Å²) in [6, 6.07) is 8.37. The first kappa shape index (κ1) is 21.0. The Morgan fingerprint density at radius 1 is 1.24 bits per heavy atom. The van der Waals surface area contributed by atoms with Crippen LogP contribution in [-0.2, 0) is 13.1 Å². The molecule has 1 aromatic heterocycles. The van der Waals surface area contributed by atoms with E-state index in [1.165, 1.54) is 13.2 Å². The second kappa shape index (κ2) is 10.7. The maximum absolute atomic E-state index is 12.5. The van der Waals surface area contributed by atoms with Gasteiger partial charge in [-0.2, -0.15) is 8.78 Å². The normalized spacial score (nSPS) is 11.0. The molecule has 25 heavy (non-hydrogen) atoms. The zero-order valence-corrected chi connectivity index (χ0v) is 16.1. The van der Waals surface area contributed by atoms with E-state index in [4.69, 9.17) is 9.15 Å². The van der Waals surface area contributed by atoms with Crippen LogP contribution in [0.15, 0.2) is 46.0 Å². The van der Waals surface area contributed by atoms with E-state index in [0.29, 0.717) is 23.8 Å². The highest BCUT2D eigenvalue weighted by Crippen LogP contribution is 2.26. The van der Waals surface area contributed by atoms with Crippen LogP contribution in [0.5, 0.6) is 11.5 Å². The molecule has 0 spiro atoms. The van der Waals surface area contributed by atoms with Crippen molar-refractivity contribution < 1.29 is 22.7 Å². The van der Waals surface area contributed by atoms with Gasteiger partial charge in [0.05, 0.1) is 19.9 Å². The summed E-state index contributed by atoms with van der Waals surface area (Å²) in [5.41, 5.74) is 0.553. The summed E-state index contributed by atoms with van der Waals surface area (Å²) in [4.78, 5) is 4.07. The van der Waals surface area contributed by atoms with Crippen molar-refractivity contribution in [2.75, 3.05) is 14.2 Å². The molecule has 2 rings (SSSR count). The molecular weight excluding hydrogens is 447 g/mol. The van der Waals surface area contributed by atoms with Gasteiger partial charge in [0.2, 0.25) is 0 Å². The van der Waals surface area contributed by atoms with Gasteiger partial charge >= 0.3 is 6.61 Å². The van der Waals surface area contributed by atoms with Crippen LogP contribution in [0.4, 0.5) is 8.78 Å². The van der Waals surface area contributed by atoms with Crippen molar-refractivity contribution in [1.29, 1.82) is 0 Å². The number of nitrogens with zero attached hydrogens (tertiary/aromatic N) is 1. The maximum Gasteiger partial charge on any atom is 0.387 e. The van der Waals surface area contributed by atoms with E-state index in [0.717, 1.165) is 5.76 Å². The van der Waals surface area contributed by atoms with Gasteiger partial charge in [0.1, 0.15) is 17.3 Å². The summed E-state index contributed by atoms with van der Waals surface area (Å²) in [5.74, 6) is 1.75. The fraction of sp³-hybridized carbons (Fsp3) is 0.312. The number of furan rings is 1. The Morgan fingerprint density at radius 3 is 2.60 bits per heavy atom. The van der Waals surface area contributed by atoms with Crippen LogP contribution in [0.3, 0.4) is 0 Å². The van der Waals surface area contributed by atoms with Crippen molar-refractivity contribution in [3.05, 3.63) is 47.9 Å². The molecule has 0 fully saturated rings. The smallest absolute Gasteiger partial charge is 0.387 e. The Hall–Kier alpha value is -2.04. The quantitative estimate of drug-likeness (QED) is 0.372. The standard InChI is InChI=1S/C16H19F2N3O3.HI/c1-19-16(21-10-13-4-3-7-23-13)20-9-11-5-6-12(22-2)8-14(11)24-15(17)18;/h3-8,15H,9-10H2,1-2H3,(H2,19,20,21);1H. The number of rotatable bonds is 7. The van der Waals surface area contributed by atoms with E-state index in [2.05, 4.69) is 20.4 Å². The van der Waals surface area contributed by atoms with Crippen molar-refractivity contribution in [2.45, 2.75) is 19.7 Å². The van der Waals surface area contributed by atoms with E-state index in [9.17, 15) is 8.78 Å². The molecule has 0 atom stereocenters. The van der Waals surface area contributed by atoms with Crippen LogP contribution in [-0.4, -0.2) is 26.7 Å². The molecule has 0 saturated carbocycles. The zero-order chi connectivity index (χ0) is 17.4. The number of guanidine groups is 1. The number of aliphatic imine (C=N–C) groups is 1. The molecule has 2 aromatic rings. The molecule has 2 N–H and O–H groups in total. The molecule has 1 aromatic carbocycles. The molecule has 1 heterocycles. The molecule has 0 saturated heterocycles. The Kier molecular flexibility index (Phi) is 9.03. The van der Waals surface area contributed by atoms with Crippen LogP contribution in [0.2, 0.25) is 0 Å². The van der Waals surface area contributed by atoms with Gasteiger partial charge in [0, 0.05) is 25.2 Å². The molecule has 0 aliphatic carbocycles. The van der Waals surface area contributed by atoms with Crippen molar-refractivity contribution in [3.8, 4) is 11.5 Å². The van der Waals surface area contributed by atoms with E-state index >= 15 is 0 Å². The lowest BCUT2D eigenvalue weighted by Crippen LogP contribution is -2.36. The number of ether oxygens (including phenoxy) is 2. The minimum Gasteiger partial charge on any atom is -0.497 e. The molecule has 0 aliphatic heterocycles. The third-order valence-corrected chi connectivity index (χ3v) is 3.17. The average Bonchev–Trinajstić information content (AvgIpc) is 3.09. The number of benzene rings is 1. The molecule has 0 amide bonds. The molecular formula is C16H20F2IN3O3. The Balaban J connectivity index is 0.00000312. The van der Waals surface area contributed by atoms with E-state index < -0.39 is 6.61 Å². The molecule has 9 heteroatoms. The fourth-order valence-corrected chi connectivity index (χ4v) is 2.00. The highest BCUT2D eigenvalue weighted by molar-refractivity contribution is 14.0. The lowest BCUT2D eigenvalue weighted by atomic mass is 10.2. The zero-order valence-electron chi connectivity index (χ0n) is 13.8. The second-order valence-electron chi connectivity index (χ2n) is 4.71. The van der Waals surface area contributed by atoms with E-state index in [1.807, 2.05) is 6.07 Å². The van der Waals surface area contributed by atoms with Gasteiger partial charge in [-0.15, -0.1) is 24.0 Å². The van der Waals surface area contributed by atoms with Crippen LogP contribution >= 0.6 is 24.0 Å². The first-order valence-corrected chi connectivity index (χ1v) is 7.21. The first-order chi connectivity index (χ1) is 11.6. The fourth-order valence-electron chi connectivity index (χ4n) is 2.00. The molecule has 0 unspecified atom stereocenters. The van der Waals surface area contributed by atoms with Crippen molar-refractivity contribution in [3.63, 3.8) is 0 Å². The molecule has 138 valence electrons. The molecule has 0 bridgehead atoms. The number of hydrogen-bond acceptors (Lipinski definition) is 4. The second-order valence-corrected chi connectivity index (χ2v) is 4.71. The van der Waals surface area contributed by atoms with E-state index in [-0.39, 0.29) is 36.3 Å². The van der Waals surface area contributed by atoms with Gasteiger partial charge < -0.3 is 24.5 Å². The minimum absolute atomic E-state index is 0. The Labute approximate surface area is 161 Å². The first-order valence-electron chi connectivity index (χ1n) is 7.21. The summed E-state index contributed by atoms with van der Waals surface area (Å²) in [5, 5.41) is 6.09. The summed E-state index contributed by atoms with van der Waals surface area (Å²) >= 11 is 0. The largest absolute Gasteiger partial charge is 0.497 e. The summed E-state index contributed by atoms with van der Waals surface area (Å²) < 4.78 is 39.9. The maximum atomic E-state index is 12.5. The van der Waals surface area contributed by atoms with Gasteiger partial charge in [-0.3, -0.25) is 4.99 Å². The summed E-state index contributed by atoms with van der Waals surface area (Å²) in [6.45, 7) is -2.20. The lowest BCUT2D eigenvalue weighted by Gasteiger charge is -2.15. The van der Waals surface area contributed by atoms with E-state index in [1.54, 1.807) is 31.5 Å². The Morgan fingerprint density at radius 2 is 2.00 bits per heavy atom. The third-order valence-electron chi connectivity index (χ3n) is 3.17. The van der Waals surface area contributed by atoms with Crippen LogP contribution in [0, 0.1) is 0 Å². The highest BCUT2D eigenvalue weighted by atomic mass is 127. The number of methoxy groups -OCH3 is 1. The van der Waals surface area contributed by atoms with Gasteiger partial charge in [-0.25, -0.2) is 0 Å². The number of halogens is 3. The highest BCUT2D eigenvalue weighted by Gasteiger charge is 2.12. The van der Waals surface area contributed by atoms with Crippen LogP contribution < -0.4 is 20.1 Å². The van der Waals surface area contributed by atoms with Gasteiger partial charge in [0.25, 0.3) is 0 Å². The molecule has 0 radical (unpaired) electrons. The minimum atomic E-state index is -2.91. The monoisotopic (exact) mass is 467 g/mol. The van der Waals surface area contributed by atoms with Gasteiger partial charge in [-0.05, 0) is 24.3 Å². The predicted molar refractivity (Wildman–Crippen MR) is 101 cm³/mol. The predicted octanol–water partition coefficient (Wildman–Crippen LogP) is 3.37. The summed E-state index contributed by atoms with van der Waals surface area (Å²) in [7, 11) is 3.07. The van der Waals surface area contributed by atoms with Crippen LogP contribution in [0.1, 0.15) is 11.3 Å². The third kappa shape index (κ3) is 6.77. The summed E-state index contributed by atoms with van der Waals surface area (Å²) in [6.07, 6.45) is 1.58. The Bertz CT molecular complexity index is 667. The van der Waals surface area contributed by atoms with Gasteiger partial charge in [-0.1, -0.05) is 0 Å². The van der Waals surface area contributed by atoms with Crippen LogP contribution in [0.25, 0.3) is 0 Å². The average molecular weight is 467 g/mol. The van der Waals surface area contributed by atoms with Gasteiger partial charge in [0.15, 0.2) is 5.96 Å². The topological polar surface area (TPSA) is 68.0 Å². The SMILES string of the molecule is CN=C(NCc1ccco1)NCc1ccc(OC)cc1OC(F)F.I. The number of alkyl halides is 2. The molecule has 6 nitrogen and oxygen atoms in total. The lowest BCUT2D eigenvalue weighted by molar-refractivity contribution is -0.0505. The number of nitrogens with one attached hydrogen (secondary N) is 2. The molecule has 0 aliphatic rings. The van der Waals surface area contributed by atoms with Crippen molar-refractivity contribution in [1.82, 2.24) is 10.6 Å². The van der Waals surface area contributed by atoms with Crippen molar-refractivity contribution in [2.24, 2.45) is 4.99 Å². The van der Waals surface area contributed by atoms with Crippen molar-refractivity contribution >= 4 is 29.9 Å². The number of hydrogen-bond donors (Lipinski definition) is 2.